The zero-order valence-electron chi connectivity index (χ0n) is 11.0. The van der Waals surface area contributed by atoms with Gasteiger partial charge >= 0.3 is 0 Å². The third-order valence-electron chi connectivity index (χ3n) is 2.81. The van der Waals surface area contributed by atoms with E-state index in [0.29, 0.717) is 11.4 Å². The number of carbonyl (C=O) groups excluding carboxylic acids is 1. The first-order valence-electron chi connectivity index (χ1n) is 5.91. The van der Waals surface area contributed by atoms with Gasteiger partial charge in [-0.25, -0.2) is 0 Å². The van der Waals surface area contributed by atoms with Crippen molar-refractivity contribution in [3.8, 4) is 0 Å². The Balaban J connectivity index is 2.14. The maximum absolute atomic E-state index is 12.0. The van der Waals surface area contributed by atoms with E-state index in [2.05, 4.69) is 20.5 Å². The predicted molar refractivity (Wildman–Crippen MR) is 71.3 cm³/mol. The fourth-order valence-electron chi connectivity index (χ4n) is 1.68. The van der Waals surface area contributed by atoms with Gasteiger partial charge in [-0.3, -0.25) is 25.3 Å². The first kappa shape index (κ1) is 13.7. The zero-order valence-corrected chi connectivity index (χ0v) is 11.0. The van der Waals surface area contributed by atoms with E-state index >= 15 is 0 Å². The van der Waals surface area contributed by atoms with Gasteiger partial charge in [0.05, 0.1) is 10.8 Å². The Morgan fingerprint density at radius 1 is 1.50 bits per heavy atom. The number of aromatic nitrogens is 3. The number of hydrogen-bond acceptors (Lipinski definition) is 5. The summed E-state index contributed by atoms with van der Waals surface area (Å²) in [4.78, 5) is 26.2. The van der Waals surface area contributed by atoms with Crippen molar-refractivity contribution in [2.45, 2.75) is 19.8 Å². The normalized spacial score (nSPS) is 11.9. The topological polar surface area (TPSA) is 114 Å². The van der Waals surface area contributed by atoms with Crippen LogP contribution in [0.25, 0.3) is 0 Å². The number of amides is 1. The molecule has 0 saturated carbocycles. The zero-order chi connectivity index (χ0) is 14.7. The molecule has 0 aliphatic rings. The number of nitrogens with one attached hydrogen (secondary N) is 2. The highest BCUT2D eigenvalue weighted by Crippen LogP contribution is 2.21. The minimum absolute atomic E-state index is 0.0455. The van der Waals surface area contributed by atoms with Crippen molar-refractivity contribution in [3.05, 3.63) is 45.8 Å². The van der Waals surface area contributed by atoms with E-state index in [4.69, 9.17) is 0 Å². The standard InChI is InChI=1S/C12H13N5O3/c1-7(9-4-3-5-10(6-9)17(19)20)11(18)14-12-13-8(2)15-16-12/h3-7H,1-2H3,(H2,13,14,15,16,18). The van der Waals surface area contributed by atoms with Crippen molar-refractivity contribution >= 4 is 17.5 Å². The summed E-state index contributed by atoms with van der Waals surface area (Å²) in [5, 5.41) is 19.7. The summed E-state index contributed by atoms with van der Waals surface area (Å²) in [7, 11) is 0. The molecule has 1 aromatic heterocycles. The number of carbonyl (C=O) groups is 1. The van der Waals surface area contributed by atoms with Gasteiger partial charge in [-0.05, 0) is 19.4 Å². The Bertz CT molecular complexity index is 652. The number of nitro groups is 1. The van der Waals surface area contributed by atoms with Crippen LogP contribution >= 0.6 is 0 Å². The van der Waals surface area contributed by atoms with Crippen molar-refractivity contribution in [2.24, 2.45) is 0 Å². The van der Waals surface area contributed by atoms with Gasteiger partial charge in [-0.1, -0.05) is 12.1 Å². The van der Waals surface area contributed by atoms with Crippen LogP contribution in [-0.2, 0) is 4.79 Å². The number of H-pyrrole nitrogens is 1. The summed E-state index contributed by atoms with van der Waals surface area (Å²) in [6, 6.07) is 5.98. The molecule has 2 N–H and O–H groups in total. The second-order valence-electron chi connectivity index (χ2n) is 4.31. The first-order valence-corrected chi connectivity index (χ1v) is 5.91. The Morgan fingerprint density at radius 3 is 2.85 bits per heavy atom. The molecular weight excluding hydrogens is 262 g/mol. The molecule has 1 amide bonds. The van der Waals surface area contributed by atoms with E-state index in [-0.39, 0.29) is 17.5 Å². The van der Waals surface area contributed by atoms with Gasteiger partial charge < -0.3 is 0 Å². The Labute approximate surface area is 114 Å². The molecule has 8 nitrogen and oxygen atoms in total. The first-order chi connectivity index (χ1) is 9.47. The number of nitro benzene ring substituents is 1. The smallest absolute Gasteiger partial charge is 0.269 e. The second-order valence-corrected chi connectivity index (χ2v) is 4.31. The van der Waals surface area contributed by atoms with Crippen molar-refractivity contribution in [1.82, 2.24) is 15.2 Å². The van der Waals surface area contributed by atoms with Gasteiger partial charge in [0, 0.05) is 12.1 Å². The number of rotatable bonds is 4. The Hall–Kier alpha value is -2.77. The predicted octanol–water partition coefficient (Wildman–Crippen LogP) is 1.76. The number of aryl methyl sites for hydroxylation is 1. The average molecular weight is 275 g/mol. The molecule has 1 unspecified atom stereocenters. The van der Waals surface area contributed by atoms with Gasteiger partial charge in [0.1, 0.15) is 5.82 Å². The monoisotopic (exact) mass is 275 g/mol. The van der Waals surface area contributed by atoms with Crippen LogP contribution in [0.1, 0.15) is 24.2 Å². The molecule has 0 saturated heterocycles. The fourth-order valence-corrected chi connectivity index (χ4v) is 1.68. The van der Waals surface area contributed by atoms with Crippen LogP contribution in [-0.4, -0.2) is 26.0 Å². The summed E-state index contributed by atoms with van der Waals surface area (Å²) in [6.07, 6.45) is 0. The SMILES string of the molecule is Cc1nc(NC(=O)C(C)c2cccc([N+](=O)[O-])c2)n[nH]1. The minimum Gasteiger partial charge on any atom is -0.293 e. The van der Waals surface area contributed by atoms with E-state index in [1.54, 1.807) is 26.0 Å². The third-order valence-corrected chi connectivity index (χ3v) is 2.81. The molecule has 104 valence electrons. The molecule has 0 spiro atoms. The van der Waals surface area contributed by atoms with Crippen LogP contribution in [0.2, 0.25) is 0 Å². The average Bonchev–Trinajstić information content (AvgIpc) is 2.83. The molecule has 8 heteroatoms. The number of nitrogens with zero attached hydrogens (tertiary/aromatic N) is 3. The number of non-ortho nitro benzene ring substituents is 1. The highest BCUT2D eigenvalue weighted by molar-refractivity contribution is 5.94. The molecule has 0 fully saturated rings. The van der Waals surface area contributed by atoms with Crippen LogP contribution in [0, 0.1) is 17.0 Å². The van der Waals surface area contributed by atoms with Gasteiger partial charge in [-0.15, -0.1) is 5.10 Å². The summed E-state index contributed by atoms with van der Waals surface area (Å²) in [5.74, 6) is -0.105. The fraction of sp³-hybridized carbons (Fsp3) is 0.250. The summed E-state index contributed by atoms with van der Waals surface area (Å²) < 4.78 is 0. The highest BCUT2D eigenvalue weighted by atomic mass is 16.6. The summed E-state index contributed by atoms with van der Waals surface area (Å²) in [6.45, 7) is 3.38. The molecule has 2 aromatic rings. The molecule has 0 bridgehead atoms. The lowest BCUT2D eigenvalue weighted by atomic mass is 10.00. The van der Waals surface area contributed by atoms with Crippen LogP contribution in [0.3, 0.4) is 0 Å². The van der Waals surface area contributed by atoms with Crippen LogP contribution < -0.4 is 5.32 Å². The molecule has 1 atom stereocenters. The maximum Gasteiger partial charge on any atom is 0.269 e. The largest absolute Gasteiger partial charge is 0.293 e. The number of anilines is 1. The molecule has 1 aromatic carbocycles. The quantitative estimate of drug-likeness (QED) is 0.651. The van der Waals surface area contributed by atoms with E-state index in [9.17, 15) is 14.9 Å². The van der Waals surface area contributed by atoms with Crippen molar-refractivity contribution in [1.29, 1.82) is 0 Å². The maximum atomic E-state index is 12.0. The molecule has 0 aliphatic heterocycles. The lowest BCUT2D eigenvalue weighted by Gasteiger charge is -2.10. The lowest BCUT2D eigenvalue weighted by Crippen LogP contribution is -2.19. The van der Waals surface area contributed by atoms with Crippen molar-refractivity contribution in [3.63, 3.8) is 0 Å². The van der Waals surface area contributed by atoms with Crippen molar-refractivity contribution in [2.75, 3.05) is 5.32 Å². The van der Waals surface area contributed by atoms with E-state index in [1.807, 2.05) is 0 Å². The van der Waals surface area contributed by atoms with Crippen LogP contribution in [0.15, 0.2) is 24.3 Å². The Kier molecular flexibility index (Phi) is 3.74. The van der Waals surface area contributed by atoms with Gasteiger partial charge in [0.2, 0.25) is 11.9 Å². The molecule has 1 heterocycles. The van der Waals surface area contributed by atoms with E-state index in [1.165, 1.54) is 12.1 Å². The summed E-state index contributed by atoms with van der Waals surface area (Å²) in [5.41, 5.74) is 0.514. The minimum atomic E-state index is -0.547. The second kappa shape index (κ2) is 5.47. The van der Waals surface area contributed by atoms with Gasteiger partial charge in [-0.2, -0.15) is 4.98 Å². The van der Waals surface area contributed by atoms with E-state index < -0.39 is 10.8 Å². The molecule has 0 radical (unpaired) electrons. The Morgan fingerprint density at radius 2 is 2.25 bits per heavy atom. The van der Waals surface area contributed by atoms with Gasteiger partial charge in [0.15, 0.2) is 0 Å². The molecule has 0 aliphatic carbocycles. The third kappa shape index (κ3) is 2.97. The molecule has 2 rings (SSSR count). The van der Waals surface area contributed by atoms with Gasteiger partial charge in [0.25, 0.3) is 5.69 Å². The molecule has 20 heavy (non-hydrogen) atoms. The lowest BCUT2D eigenvalue weighted by molar-refractivity contribution is -0.384. The van der Waals surface area contributed by atoms with E-state index in [0.717, 1.165) is 0 Å². The number of benzene rings is 1. The molecular formula is C12H13N5O3. The highest BCUT2D eigenvalue weighted by Gasteiger charge is 2.19. The number of hydrogen-bond donors (Lipinski definition) is 2. The van der Waals surface area contributed by atoms with Crippen LogP contribution in [0.4, 0.5) is 11.6 Å². The summed E-state index contributed by atoms with van der Waals surface area (Å²) >= 11 is 0. The number of aromatic amines is 1. The van der Waals surface area contributed by atoms with Crippen molar-refractivity contribution < 1.29 is 9.72 Å². The van der Waals surface area contributed by atoms with Crippen LogP contribution in [0.5, 0.6) is 0 Å².